The first-order valence-corrected chi connectivity index (χ1v) is 7.77. The average Bonchev–Trinajstić information content (AvgIpc) is 2.46. The van der Waals surface area contributed by atoms with Crippen LogP contribution in [0.25, 0.3) is 0 Å². The Balaban J connectivity index is 2.17. The Kier molecular flexibility index (Phi) is 2.98. The number of nitrogens with zero attached hydrogens (tertiary/aromatic N) is 1. The lowest BCUT2D eigenvalue weighted by atomic mass is 10.2. The van der Waals surface area contributed by atoms with Gasteiger partial charge in [0, 0.05) is 19.7 Å². The van der Waals surface area contributed by atoms with Gasteiger partial charge in [0.15, 0.2) is 0 Å². The van der Waals surface area contributed by atoms with Crippen molar-refractivity contribution in [2.75, 3.05) is 14.1 Å². The smallest absolute Gasteiger partial charge is 0.253 e. The lowest BCUT2D eigenvalue weighted by molar-refractivity contribution is 0.0827. The van der Waals surface area contributed by atoms with Crippen molar-refractivity contribution in [2.45, 2.75) is 9.79 Å². The van der Waals surface area contributed by atoms with Gasteiger partial charge in [-0.2, -0.15) is 0 Å². The monoisotopic (exact) mass is 303 g/mol. The molecular formula is C15H13NO4S. The van der Waals surface area contributed by atoms with Crippen LogP contribution in [0, 0.1) is 0 Å². The Morgan fingerprint density at radius 3 is 2.38 bits per heavy atom. The predicted octanol–water partition coefficient (Wildman–Crippen LogP) is 2.33. The maximum absolute atomic E-state index is 12.5. The van der Waals surface area contributed by atoms with Crippen LogP contribution in [0.3, 0.4) is 0 Å². The molecule has 6 heteroatoms. The zero-order valence-corrected chi connectivity index (χ0v) is 12.3. The molecule has 21 heavy (non-hydrogen) atoms. The standard InChI is InChI=1S/C15H13NO4S/c1-16(2)15(17)10-7-8-14-12(9-10)20-11-5-3-4-6-13(11)21(14,18)19/h3-9H,1-2H3. The van der Waals surface area contributed by atoms with Crippen LogP contribution in [0.5, 0.6) is 11.5 Å². The van der Waals surface area contributed by atoms with Gasteiger partial charge in [0.25, 0.3) is 5.91 Å². The number of benzene rings is 2. The Morgan fingerprint density at radius 2 is 1.67 bits per heavy atom. The topological polar surface area (TPSA) is 63.7 Å². The van der Waals surface area contributed by atoms with E-state index >= 15 is 0 Å². The highest BCUT2D eigenvalue weighted by atomic mass is 32.2. The van der Waals surface area contributed by atoms with Crippen LogP contribution >= 0.6 is 0 Å². The van der Waals surface area contributed by atoms with Gasteiger partial charge in [0.2, 0.25) is 9.84 Å². The molecule has 5 nitrogen and oxygen atoms in total. The van der Waals surface area contributed by atoms with Crippen molar-refractivity contribution in [3.05, 3.63) is 48.0 Å². The van der Waals surface area contributed by atoms with Crippen LogP contribution in [0.15, 0.2) is 52.3 Å². The van der Waals surface area contributed by atoms with Crippen LogP contribution in [0.4, 0.5) is 0 Å². The molecule has 0 radical (unpaired) electrons. The van der Waals surface area contributed by atoms with E-state index in [1.807, 2.05) is 0 Å². The first-order valence-electron chi connectivity index (χ1n) is 6.29. The Bertz CT molecular complexity index is 841. The molecule has 1 heterocycles. The number of hydrogen-bond acceptors (Lipinski definition) is 4. The maximum atomic E-state index is 12.5. The number of carbonyl (C=O) groups excluding carboxylic acids is 1. The molecule has 1 aliphatic rings. The summed E-state index contributed by atoms with van der Waals surface area (Å²) in [4.78, 5) is 13.6. The SMILES string of the molecule is CN(C)C(=O)c1ccc2c(c1)Oc1ccccc1S2(=O)=O. The number of para-hydroxylation sites is 1. The number of sulfone groups is 1. The van der Waals surface area contributed by atoms with E-state index in [1.54, 1.807) is 32.3 Å². The molecule has 1 aliphatic heterocycles. The van der Waals surface area contributed by atoms with Crippen LogP contribution in [-0.4, -0.2) is 33.3 Å². The van der Waals surface area contributed by atoms with Gasteiger partial charge in [-0.05, 0) is 30.3 Å². The number of ether oxygens (including phenoxy) is 1. The van der Waals surface area contributed by atoms with Crippen molar-refractivity contribution in [1.82, 2.24) is 4.90 Å². The minimum Gasteiger partial charge on any atom is -0.455 e. The van der Waals surface area contributed by atoms with E-state index < -0.39 is 9.84 Å². The van der Waals surface area contributed by atoms with Crippen molar-refractivity contribution in [3.8, 4) is 11.5 Å². The third-order valence-corrected chi connectivity index (χ3v) is 5.08. The van der Waals surface area contributed by atoms with Crippen molar-refractivity contribution in [2.24, 2.45) is 0 Å². The molecule has 2 aromatic carbocycles. The molecule has 0 unspecified atom stereocenters. The molecule has 0 N–H and O–H groups in total. The second kappa shape index (κ2) is 4.60. The second-order valence-corrected chi connectivity index (χ2v) is 6.80. The molecule has 108 valence electrons. The van der Waals surface area contributed by atoms with Crippen molar-refractivity contribution in [1.29, 1.82) is 0 Å². The number of hydrogen-bond donors (Lipinski definition) is 0. The first kappa shape index (κ1) is 13.6. The molecule has 0 saturated heterocycles. The van der Waals surface area contributed by atoms with Gasteiger partial charge in [-0.25, -0.2) is 8.42 Å². The fourth-order valence-corrected chi connectivity index (χ4v) is 3.68. The predicted molar refractivity (Wildman–Crippen MR) is 76.4 cm³/mol. The van der Waals surface area contributed by atoms with Gasteiger partial charge in [-0.3, -0.25) is 4.79 Å². The van der Waals surface area contributed by atoms with Crippen LogP contribution in [0.1, 0.15) is 10.4 Å². The molecule has 3 rings (SSSR count). The van der Waals surface area contributed by atoms with Crippen LogP contribution in [0.2, 0.25) is 0 Å². The summed E-state index contributed by atoms with van der Waals surface area (Å²) in [6, 6.07) is 10.8. The van der Waals surface area contributed by atoms with Gasteiger partial charge >= 0.3 is 0 Å². The van der Waals surface area contributed by atoms with E-state index in [0.29, 0.717) is 5.56 Å². The number of rotatable bonds is 1. The number of fused-ring (bicyclic) bond motifs is 2. The Morgan fingerprint density at radius 1 is 1.00 bits per heavy atom. The summed E-state index contributed by atoms with van der Waals surface area (Å²) in [7, 11) is -0.347. The second-order valence-electron chi connectivity index (χ2n) is 4.91. The van der Waals surface area contributed by atoms with E-state index in [0.717, 1.165) is 0 Å². The summed E-state index contributed by atoms with van der Waals surface area (Å²) in [6.07, 6.45) is 0. The summed E-state index contributed by atoms with van der Waals surface area (Å²) in [5.41, 5.74) is 0.383. The van der Waals surface area contributed by atoms with Gasteiger partial charge in [-0.15, -0.1) is 0 Å². The van der Waals surface area contributed by atoms with Crippen molar-refractivity contribution in [3.63, 3.8) is 0 Å². The zero-order chi connectivity index (χ0) is 15.2. The highest BCUT2D eigenvalue weighted by molar-refractivity contribution is 7.91. The number of carbonyl (C=O) groups is 1. The number of amides is 1. The van der Waals surface area contributed by atoms with Crippen molar-refractivity contribution >= 4 is 15.7 Å². The van der Waals surface area contributed by atoms with Gasteiger partial charge in [0.05, 0.1) is 0 Å². The summed E-state index contributed by atoms with van der Waals surface area (Å²) < 4.78 is 30.7. The van der Waals surface area contributed by atoms with E-state index in [9.17, 15) is 13.2 Å². The zero-order valence-electron chi connectivity index (χ0n) is 11.5. The fourth-order valence-electron chi connectivity index (χ4n) is 2.19. The minimum atomic E-state index is -3.61. The molecule has 0 saturated carbocycles. The third kappa shape index (κ3) is 2.08. The highest BCUT2D eigenvalue weighted by Crippen LogP contribution is 2.42. The van der Waals surface area contributed by atoms with Gasteiger partial charge in [-0.1, -0.05) is 12.1 Å². The first-order chi connectivity index (χ1) is 9.91. The van der Waals surface area contributed by atoms with Gasteiger partial charge < -0.3 is 9.64 Å². The highest BCUT2D eigenvalue weighted by Gasteiger charge is 2.31. The average molecular weight is 303 g/mol. The normalized spacial score (nSPS) is 14.6. The molecule has 0 spiro atoms. The van der Waals surface area contributed by atoms with E-state index in [4.69, 9.17) is 4.74 Å². The molecular weight excluding hydrogens is 290 g/mol. The molecule has 0 bridgehead atoms. The largest absolute Gasteiger partial charge is 0.455 e. The minimum absolute atomic E-state index is 0.0801. The Hall–Kier alpha value is -2.34. The molecule has 2 aromatic rings. The molecule has 0 atom stereocenters. The summed E-state index contributed by atoms with van der Waals surface area (Å²) in [6.45, 7) is 0. The molecule has 0 fully saturated rings. The lowest BCUT2D eigenvalue weighted by Gasteiger charge is -2.21. The summed E-state index contributed by atoms with van der Waals surface area (Å²) in [5.74, 6) is 0.249. The quantitative estimate of drug-likeness (QED) is 0.692. The van der Waals surface area contributed by atoms with Crippen LogP contribution < -0.4 is 4.74 Å². The van der Waals surface area contributed by atoms with Gasteiger partial charge in [0.1, 0.15) is 21.3 Å². The summed E-state index contributed by atoms with van der Waals surface area (Å²) >= 11 is 0. The molecule has 0 aromatic heterocycles. The van der Waals surface area contributed by atoms with E-state index in [-0.39, 0.29) is 27.2 Å². The summed E-state index contributed by atoms with van der Waals surface area (Å²) in [5, 5.41) is 0. The molecule has 1 amide bonds. The van der Waals surface area contributed by atoms with E-state index in [1.165, 1.54) is 29.2 Å². The fraction of sp³-hybridized carbons (Fsp3) is 0.133. The lowest BCUT2D eigenvalue weighted by Crippen LogP contribution is -2.22. The maximum Gasteiger partial charge on any atom is 0.253 e. The Labute approximate surface area is 122 Å². The van der Waals surface area contributed by atoms with E-state index in [2.05, 4.69) is 0 Å². The molecule has 0 aliphatic carbocycles. The third-order valence-electron chi connectivity index (χ3n) is 3.24. The van der Waals surface area contributed by atoms with Crippen molar-refractivity contribution < 1.29 is 17.9 Å². The van der Waals surface area contributed by atoms with Crippen LogP contribution in [-0.2, 0) is 9.84 Å².